The Morgan fingerprint density at radius 2 is 1.59 bits per heavy atom. The molecule has 0 aromatic heterocycles. The van der Waals surface area contributed by atoms with Crippen molar-refractivity contribution in [3.8, 4) is 5.75 Å². The number of hydrogen-bond acceptors (Lipinski definition) is 3. The molecule has 0 spiro atoms. The van der Waals surface area contributed by atoms with Gasteiger partial charge >= 0.3 is 0 Å². The zero-order chi connectivity index (χ0) is 18.9. The van der Waals surface area contributed by atoms with Gasteiger partial charge in [-0.1, -0.05) is 49.6 Å². The Morgan fingerprint density at radius 1 is 0.889 bits per heavy atom. The van der Waals surface area contributed by atoms with Gasteiger partial charge in [0.25, 0.3) is 0 Å². The van der Waals surface area contributed by atoms with Crippen molar-refractivity contribution >= 4 is 17.5 Å². The molecule has 1 fully saturated rings. The summed E-state index contributed by atoms with van der Waals surface area (Å²) in [5.41, 5.74) is 1.75. The molecule has 0 unspecified atom stereocenters. The molecule has 5 heteroatoms. The first-order chi connectivity index (χ1) is 13.2. The number of amides is 2. The lowest BCUT2D eigenvalue weighted by molar-refractivity contribution is -0.127. The Hall–Kier alpha value is -2.82. The van der Waals surface area contributed by atoms with Crippen molar-refractivity contribution in [2.75, 3.05) is 5.32 Å². The lowest BCUT2D eigenvalue weighted by Gasteiger charge is -2.22. The average Bonchev–Trinajstić information content (AvgIpc) is 2.69. The minimum Gasteiger partial charge on any atom is -0.489 e. The van der Waals surface area contributed by atoms with Crippen molar-refractivity contribution in [2.45, 2.75) is 51.2 Å². The van der Waals surface area contributed by atoms with Crippen LogP contribution >= 0.6 is 0 Å². The third-order valence-corrected chi connectivity index (χ3v) is 4.68. The Labute approximate surface area is 160 Å². The number of carbonyl (C=O) groups is 2. The van der Waals surface area contributed by atoms with Crippen LogP contribution in [0.2, 0.25) is 0 Å². The van der Waals surface area contributed by atoms with E-state index in [9.17, 15) is 9.59 Å². The van der Waals surface area contributed by atoms with Crippen LogP contribution in [0.5, 0.6) is 5.75 Å². The fraction of sp³-hybridized carbons (Fsp3) is 0.364. The maximum atomic E-state index is 12.1. The molecule has 1 saturated carbocycles. The van der Waals surface area contributed by atoms with E-state index in [1.807, 2.05) is 30.3 Å². The SMILES string of the molecule is O=C(CC(=O)NC1CCCCC1)Nc1ccc(OCc2ccccc2)cc1. The van der Waals surface area contributed by atoms with E-state index in [-0.39, 0.29) is 24.3 Å². The van der Waals surface area contributed by atoms with E-state index < -0.39 is 0 Å². The van der Waals surface area contributed by atoms with Crippen molar-refractivity contribution in [2.24, 2.45) is 0 Å². The molecule has 0 saturated heterocycles. The van der Waals surface area contributed by atoms with Crippen LogP contribution in [0.15, 0.2) is 54.6 Å². The second-order valence-corrected chi connectivity index (χ2v) is 6.93. The Bertz CT molecular complexity index is 738. The first kappa shape index (κ1) is 19.0. The van der Waals surface area contributed by atoms with Crippen LogP contribution in [-0.4, -0.2) is 17.9 Å². The molecule has 1 aliphatic carbocycles. The summed E-state index contributed by atoms with van der Waals surface area (Å²) in [6.45, 7) is 0.494. The molecule has 2 aromatic rings. The van der Waals surface area contributed by atoms with Crippen molar-refractivity contribution in [3.63, 3.8) is 0 Å². The highest BCUT2D eigenvalue weighted by Gasteiger charge is 2.17. The molecule has 2 amide bonds. The molecule has 1 aliphatic rings. The molecule has 5 nitrogen and oxygen atoms in total. The zero-order valence-corrected chi connectivity index (χ0v) is 15.4. The van der Waals surface area contributed by atoms with Crippen molar-refractivity contribution in [3.05, 3.63) is 60.2 Å². The standard InChI is InChI=1S/C22H26N2O3/c25-21(23-18-9-5-2-6-10-18)15-22(26)24-19-11-13-20(14-12-19)27-16-17-7-3-1-4-8-17/h1,3-4,7-8,11-14,18H,2,5-6,9-10,15-16H2,(H,23,25)(H,24,26). The van der Waals surface area contributed by atoms with Gasteiger partial charge < -0.3 is 15.4 Å². The fourth-order valence-electron chi connectivity index (χ4n) is 3.25. The number of carbonyl (C=O) groups excluding carboxylic acids is 2. The van der Waals surface area contributed by atoms with Crippen LogP contribution in [0.1, 0.15) is 44.1 Å². The molecule has 27 heavy (non-hydrogen) atoms. The summed E-state index contributed by atoms with van der Waals surface area (Å²) >= 11 is 0. The minimum absolute atomic E-state index is 0.150. The van der Waals surface area contributed by atoms with E-state index in [4.69, 9.17) is 4.74 Å². The maximum absolute atomic E-state index is 12.1. The highest BCUT2D eigenvalue weighted by atomic mass is 16.5. The van der Waals surface area contributed by atoms with Gasteiger partial charge in [-0.15, -0.1) is 0 Å². The lowest BCUT2D eigenvalue weighted by atomic mass is 9.95. The third-order valence-electron chi connectivity index (χ3n) is 4.68. The van der Waals surface area contributed by atoms with Gasteiger partial charge in [0.05, 0.1) is 0 Å². The molecular weight excluding hydrogens is 340 g/mol. The molecular formula is C22H26N2O3. The van der Waals surface area contributed by atoms with Gasteiger partial charge in [0.2, 0.25) is 11.8 Å². The topological polar surface area (TPSA) is 67.4 Å². The van der Waals surface area contributed by atoms with E-state index in [0.29, 0.717) is 12.3 Å². The predicted molar refractivity (Wildman–Crippen MR) is 105 cm³/mol. The molecule has 142 valence electrons. The van der Waals surface area contributed by atoms with E-state index in [1.165, 1.54) is 6.42 Å². The van der Waals surface area contributed by atoms with E-state index in [0.717, 1.165) is 37.0 Å². The Balaban J connectivity index is 1.41. The highest BCUT2D eigenvalue weighted by molar-refractivity contribution is 6.03. The summed E-state index contributed by atoms with van der Waals surface area (Å²) in [6.07, 6.45) is 5.40. The number of hydrogen-bond donors (Lipinski definition) is 2. The molecule has 0 heterocycles. The Kier molecular flexibility index (Phi) is 6.85. The van der Waals surface area contributed by atoms with Gasteiger partial charge in [-0.2, -0.15) is 0 Å². The van der Waals surface area contributed by atoms with Gasteiger partial charge in [0.1, 0.15) is 18.8 Å². The molecule has 2 aromatic carbocycles. The van der Waals surface area contributed by atoms with Crippen LogP contribution in [0, 0.1) is 0 Å². The van der Waals surface area contributed by atoms with Crippen LogP contribution in [0.3, 0.4) is 0 Å². The molecule has 3 rings (SSSR count). The van der Waals surface area contributed by atoms with Crippen molar-refractivity contribution in [1.82, 2.24) is 5.32 Å². The zero-order valence-electron chi connectivity index (χ0n) is 15.4. The number of nitrogens with one attached hydrogen (secondary N) is 2. The second kappa shape index (κ2) is 9.76. The van der Waals surface area contributed by atoms with E-state index >= 15 is 0 Å². The van der Waals surface area contributed by atoms with Gasteiger partial charge in [-0.3, -0.25) is 9.59 Å². The van der Waals surface area contributed by atoms with Crippen molar-refractivity contribution in [1.29, 1.82) is 0 Å². The molecule has 2 N–H and O–H groups in total. The number of ether oxygens (including phenoxy) is 1. The van der Waals surface area contributed by atoms with Gasteiger partial charge in [0, 0.05) is 11.7 Å². The molecule has 0 atom stereocenters. The van der Waals surface area contributed by atoms with E-state index in [1.54, 1.807) is 24.3 Å². The first-order valence-corrected chi connectivity index (χ1v) is 9.55. The molecule has 0 aliphatic heterocycles. The van der Waals surface area contributed by atoms with Gasteiger partial charge in [-0.05, 0) is 42.7 Å². The predicted octanol–water partition coefficient (Wildman–Crippen LogP) is 4.04. The number of benzene rings is 2. The molecule has 0 bridgehead atoms. The maximum Gasteiger partial charge on any atom is 0.233 e. The van der Waals surface area contributed by atoms with Crippen LogP contribution in [0.4, 0.5) is 5.69 Å². The number of anilines is 1. The monoisotopic (exact) mass is 366 g/mol. The van der Waals surface area contributed by atoms with Gasteiger partial charge in [-0.25, -0.2) is 0 Å². The smallest absolute Gasteiger partial charge is 0.233 e. The van der Waals surface area contributed by atoms with Crippen LogP contribution in [0.25, 0.3) is 0 Å². The van der Waals surface area contributed by atoms with Crippen LogP contribution < -0.4 is 15.4 Å². The summed E-state index contributed by atoms with van der Waals surface area (Å²) in [7, 11) is 0. The normalized spacial score (nSPS) is 14.4. The highest BCUT2D eigenvalue weighted by Crippen LogP contribution is 2.18. The summed E-state index contributed by atoms with van der Waals surface area (Å²) in [5.74, 6) is 0.218. The Morgan fingerprint density at radius 3 is 2.30 bits per heavy atom. The summed E-state index contributed by atoms with van der Waals surface area (Å²) in [6, 6.07) is 17.3. The first-order valence-electron chi connectivity index (χ1n) is 9.55. The van der Waals surface area contributed by atoms with Crippen molar-refractivity contribution < 1.29 is 14.3 Å². The largest absolute Gasteiger partial charge is 0.489 e. The lowest BCUT2D eigenvalue weighted by Crippen LogP contribution is -2.37. The second-order valence-electron chi connectivity index (χ2n) is 6.93. The quantitative estimate of drug-likeness (QED) is 0.727. The molecule has 0 radical (unpaired) electrons. The summed E-state index contributed by atoms with van der Waals surface area (Å²) in [4.78, 5) is 24.1. The summed E-state index contributed by atoms with van der Waals surface area (Å²) in [5, 5.41) is 5.71. The van der Waals surface area contributed by atoms with E-state index in [2.05, 4.69) is 10.6 Å². The fourth-order valence-corrected chi connectivity index (χ4v) is 3.25. The van der Waals surface area contributed by atoms with Gasteiger partial charge in [0.15, 0.2) is 0 Å². The third kappa shape index (κ3) is 6.44. The summed E-state index contributed by atoms with van der Waals surface area (Å²) < 4.78 is 5.72. The minimum atomic E-state index is -0.304. The number of rotatable bonds is 7. The average molecular weight is 366 g/mol. The van der Waals surface area contributed by atoms with Crippen LogP contribution in [-0.2, 0) is 16.2 Å².